The largest absolute Gasteiger partial charge is 0.342 e. The minimum atomic E-state index is -0.310. The Bertz CT molecular complexity index is 629. The third-order valence-electron chi connectivity index (χ3n) is 4.21. The van der Waals surface area contributed by atoms with Gasteiger partial charge in [0.25, 0.3) is 0 Å². The van der Waals surface area contributed by atoms with Crippen molar-refractivity contribution in [3.8, 4) is 6.07 Å². The summed E-state index contributed by atoms with van der Waals surface area (Å²) in [7, 11) is 0. The van der Waals surface area contributed by atoms with Crippen LogP contribution in [-0.4, -0.2) is 46.5 Å². The van der Waals surface area contributed by atoms with E-state index in [4.69, 9.17) is 5.26 Å². The molecule has 1 aromatic heterocycles. The summed E-state index contributed by atoms with van der Waals surface area (Å²) in [6.07, 6.45) is 1.68. The van der Waals surface area contributed by atoms with Crippen LogP contribution in [0.4, 0.5) is 5.13 Å². The van der Waals surface area contributed by atoms with Crippen molar-refractivity contribution in [3.05, 3.63) is 5.01 Å². The zero-order valence-corrected chi connectivity index (χ0v) is 13.2. The summed E-state index contributed by atoms with van der Waals surface area (Å²) in [5.41, 5.74) is 0. The van der Waals surface area contributed by atoms with Crippen molar-refractivity contribution in [2.45, 2.75) is 26.2 Å². The third-order valence-corrected chi connectivity index (χ3v) is 5.07. The van der Waals surface area contributed by atoms with E-state index in [9.17, 15) is 9.59 Å². The van der Waals surface area contributed by atoms with Crippen molar-refractivity contribution in [3.63, 3.8) is 0 Å². The molecule has 7 nitrogen and oxygen atoms in total. The van der Waals surface area contributed by atoms with Gasteiger partial charge in [0.05, 0.1) is 12.0 Å². The number of carbonyl (C=O) groups is 2. The topological polar surface area (TPSA) is 90.2 Å². The molecular formula is C14H17N5O2S. The number of nitrogens with zero attached hydrogens (tertiary/aromatic N) is 5. The fourth-order valence-electron chi connectivity index (χ4n) is 2.94. The van der Waals surface area contributed by atoms with E-state index >= 15 is 0 Å². The first-order valence-corrected chi connectivity index (χ1v) is 8.19. The van der Waals surface area contributed by atoms with Gasteiger partial charge in [-0.05, 0) is 19.8 Å². The molecule has 22 heavy (non-hydrogen) atoms. The van der Waals surface area contributed by atoms with Crippen LogP contribution in [0.25, 0.3) is 0 Å². The maximum atomic E-state index is 12.6. The minimum Gasteiger partial charge on any atom is -0.342 e. The molecular weight excluding hydrogens is 302 g/mol. The summed E-state index contributed by atoms with van der Waals surface area (Å²) >= 11 is 1.36. The van der Waals surface area contributed by atoms with Crippen molar-refractivity contribution in [1.82, 2.24) is 15.1 Å². The van der Waals surface area contributed by atoms with Gasteiger partial charge in [0.15, 0.2) is 0 Å². The Morgan fingerprint density at radius 1 is 1.36 bits per heavy atom. The summed E-state index contributed by atoms with van der Waals surface area (Å²) in [4.78, 5) is 28.0. The Hall–Kier alpha value is -2.01. The van der Waals surface area contributed by atoms with E-state index in [0.29, 0.717) is 24.8 Å². The monoisotopic (exact) mass is 319 g/mol. The number of amides is 2. The van der Waals surface area contributed by atoms with Crippen LogP contribution in [0.5, 0.6) is 0 Å². The smallest absolute Gasteiger partial charge is 0.229 e. The molecule has 1 aromatic rings. The molecule has 1 atom stereocenters. The van der Waals surface area contributed by atoms with E-state index in [1.54, 1.807) is 9.80 Å². The lowest BCUT2D eigenvalue weighted by Crippen LogP contribution is -2.42. The molecule has 0 aromatic carbocycles. The van der Waals surface area contributed by atoms with Gasteiger partial charge in [0, 0.05) is 32.0 Å². The number of carbonyl (C=O) groups excluding carboxylic acids is 2. The van der Waals surface area contributed by atoms with Gasteiger partial charge in [-0.1, -0.05) is 11.3 Å². The molecule has 3 heterocycles. The lowest BCUT2D eigenvalue weighted by Gasteiger charge is -2.30. The van der Waals surface area contributed by atoms with E-state index in [1.165, 1.54) is 11.3 Å². The maximum absolute atomic E-state index is 12.6. The van der Waals surface area contributed by atoms with Crippen molar-refractivity contribution in [2.24, 2.45) is 11.8 Å². The fraction of sp³-hybridized carbons (Fsp3) is 0.643. The van der Waals surface area contributed by atoms with E-state index in [0.717, 1.165) is 17.8 Å². The van der Waals surface area contributed by atoms with Gasteiger partial charge in [0.2, 0.25) is 16.9 Å². The zero-order chi connectivity index (χ0) is 15.7. The second-order valence-electron chi connectivity index (χ2n) is 5.74. The average molecular weight is 319 g/mol. The number of hydrogen-bond acceptors (Lipinski definition) is 6. The van der Waals surface area contributed by atoms with Crippen LogP contribution in [0, 0.1) is 30.1 Å². The third kappa shape index (κ3) is 2.81. The van der Waals surface area contributed by atoms with Crippen LogP contribution in [-0.2, 0) is 9.59 Å². The number of nitriles is 1. The van der Waals surface area contributed by atoms with Crippen LogP contribution >= 0.6 is 11.3 Å². The highest BCUT2D eigenvalue weighted by Gasteiger charge is 2.39. The molecule has 0 bridgehead atoms. The first-order chi connectivity index (χ1) is 10.6. The molecule has 0 N–H and O–H groups in total. The molecule has 0 saturated carbocycles. The molecule has 2 saturated heterocycles. The van der Waals surface area contributed by atoms with Crippen LogP contribution < -0.4 is 4.90 Å². The minimum absolute atomic E-state index is 0.0217. The normalized spacial score (nSPS) is 22.9. The molecule has 1 unspecified atom stereocenters. The van der Waals surface area contributed by atoms with Gasteiger partial charge < -0.3 is 4.90 Å². The van der Waals surface area contributed by atoms with E-state index in [1.807, 2.05) is 6.92 Å². The van der Waals surface area contributed by atoms with E-state index in [2.05, 4.69) is 16.3 Å². The van der Waals surface area contributed by atoms with Gasteiger partial charge in [-0.2, -0.15) is 5.26 Å². The van der Waals surface area contributed by atoms with Crippen molar-refractivity contribution in [2.75, 3.05) is 24.5 Å². The molecule has 2 fully saturated rings. The summed E-state index contributed by atoms with van der Waals surface area (Å²) in [5, 5.41) is 18.2. The van der Waals surface area contributed by atoms with Crippen molar-refractivity contribution in [1.29, 1.82) is 5.26 Å². The highest BCUT2D eigenvalue weighted by Crippen LogP contribution is 2.29. The second-order valence-corrected chi connectivity index (χ2v) is 6.90. The summed E-state index contributed by atoms with van der Waals surface area (Å²) in [6, 6.07) is 2.26. The van der Waals surface area contributed by atoms with Crippen molar-refractivity contribution < 1.29 is 9.59 Å². The summed E-state index contributed by atoms with van der Waals surface area (Å²) in [5.74, 6) is -0.305. The average Bonchev–Trinajstić information content (AvgIpc) is 3.12. The molecule has 0 aliphatic carbocycles. The molecule has 2 aliphatic rings. The summed E-state index contributed by atoms with van der Waals surface area (Å²) < 4.78 is 0. The number of aryl methyl sites for hydroxylation is 1. The number of piperidine rings is 1. The maximum Gasteiger partial charge on any atom is 0.229 e. The van der Waals surface area contributed by atoms with E-state index in [-0.39, 0.29) is 30.1 Å². The second kappa shape index (κ2) is 6.01. The van der Waals surface area contributed by atoms with Crippen LogP contribution in [0.15, 0.2) is 0 Å². The van der Waals surface area contributed by atoms with Crippen LogP contribution in [0.3, 0.4) is 0 Å². The lowest BCUT2D eigenvalue weighted by atomic mass is 9.97. The van der Waals surface area contributed by atoms with Gasteiger partial charge in [0.1, 0.15) is 5.01 Å². The number of rotatable bonds is 2. The first-order valence-electron chi connectivity index (χ1n) is 7.37. The highest BCUT2D eigenvalue weighted by molar-refractivity contribution is 7.15. The molecule has 0 spiro atoms. The van der Waals surface area contributed by atoms with Gasteiger partial charge >= 0.3 is 0 Å². The number of anilines is 1. The Balaban J connectivity index is 1.63. The first kappa shape index (κ1) is 14.9. The quantitative estimate of drug-likeness (QED) is 0.810. The molecule has 116 valence electrons. The molecule has 2 amide bonds. The summed E-state index contributed by atoms with van der Waals surface area (Å²) in [6.45, 7) is 3.44. The fourth-order valence-corrected chi connectivity index (χ4v) is 3.65. The Morgan fingerprint density at radius 2 is 2.09 bits per heavy atom. The predicted molar refractivity (Wildman–Crippen MR) is 80.0 cm³/mol. The Labute approximate surface area is 132 Å². The van der Waals surface area contributed by atoms with Crippen LogP contribution in [0.1, 0.15) is 24.3 Å². The SMILES string of the molecule is Cc1nnc(N2CC(C(=O)N3CCC(C#N)CC3)CC2=O)s1. The Kier molecular flexibility index (Phi) is 4.07. The number of aromatic nitrogens is 2. The Morgan fingerprint density at radius 3 is 2.68 bits per heavy atom. The molecule has 0 radical (unpaired) electrons. The van der Waals surface area contributed by atoms with Crippen molar-refractivity contribution >= 4 is 28.3 Å². The molecule has 3 rings (SSSR count). The lowest BCUT2D eigenvalue weighted by molar-refractivity contribution is -0.136. The molecule has 8 heteroatoms. The zero-order valence-electron chi connectivity index (χ0n) is 12.4. The van der Waals surface area contributed by atoms with Crippen LogP contribution in [0.2, 0.25) is 0 Å². The standard InChI is InChI=1S/C14H17N5O2S/c1-9-16-17-14(22-9)19-8-11(6-12(19)20)13(21)18-4-2-10(7-15)3-5-18/h10-11H,2-6,8H2,1H3. The van der Waals surface area contributed by atoms with Gasteiger partial charge in [-0.3, -0.25) is 14.5 Å². The number of hydrogen-bond donors (Lipinski definition) is 0. The van der Waals surface area contributed by atoms with Gasteiger partial charge in [-0.25, -0.2) is 0 Å². The number of likely N-dealkylation sites (tertiary alicyclic amines) is 1. The highest BCUT2D eigenvalue weighted by atomic mass is 32.1. The predicted octanol–water partition coefficient (Wildman–Crippen LogP) is 0.962. The van der Waals surface area contributed by atoms with Gasteiger partial charge in [-0.15, -0.1) is 10.2 Å². The molecule has 2 aliphatic heterocycles. The van der Waals surface area contributed by atoms with E-state index < -0.39 is 0 Å².